The quantitative estimate of drug-likeness (QED) is 0.281. The normalized spacial score (nSPS) is 15.6. The molecule has 8 nitrogen and oxygen atoms in total. The van der Waals surface area contributed by atoms with E-state index in [9.17, 15) is 9.59 Å². The lowest BCUT2D eigenvalue weighted by atomic mass is 10.00. The van der Waals surface area contributed by atoms with E-state index in [1.165, 1.54) is 4.58 Å². The average molecular weight is 494 g/mol. The largest absolute Gasteiger partial charge is 0.600 e. The van der Waals surface area contributed by atoms with Crippen molar-refractivity contribution < 1.29 is 33.6 Å². The number of benzene rings is 2. The SMILES string of the molecule is CC(C)(C)OC(=O)c1c(C#CCNO)cccc1C1=[N+](C(=O)OC(C)(C)C)[C@H](c2ccccc2)CO1. The first-order valence-electron chi connectivity index (χ1n) is 11.7. The van der Waals surface area contributed by atoms with Gasteiger partial charge in [0, 0.05) is 11.1 Å². The number of hydrogen-bond donors (Lipinski definition) is 2. The van der Waals surface area contributed by atoms with Crippen LogP contribution in [0.15, 0.2) is 48.5 Å². The second-order valence-corrected chi connectivity index (χ2v) is 10.3. The molecule has 1 aliphatic heterocycles. The van der Waals surface area contributed by atoms with Crippen molar-refractivity contribution in [2.45, 2.75) is 58.8 Å². The van der Waals surface area contributed by atoms with E-state index in [4.69, 9.17) is 19.4 Å². The minimum absolute atomic E-state index is 0.00513. The molecule has 2 N–H and O–H groups in total. The molecule has 2 aromatic carbocycles. The van der Waals surface area contributed by atoms with Gasteiger partial charge in [-0.1, -0.05) is 52.8 Å². The van der Waals surface area contributed by atoms with Crippen molar-refractivity contribution >= 4 is 18.0 Å². The van der Waals surface area contributed by atoms with Gasteiger partial charge in [-0.25, -0.2) is 4.79 Å². The molecule has 3 rings (SSSR count). The van der Waals surface area contributed by atoms with Gasteiger partial charge in [0.1, 0.15) is 16.8 Å². The number of ether oxygens (including phenoxy) is 3. The lowest BCUT2D eigenvalue weighted by Crippen LogP contribution is -2.34. The summed E-state index contributed by atoms with van der Waals surface area (Å²) in [6.45, 7) is 10.9. The van der Waals surface area contributed by atoms with Crippen molar-refractivity contribution in [2.75, 3.05) is 13.2 Å². The molecule has 1 amide bonds. The van der Waals surface area contributed by atoms with E-state index >= 15 is 0 Å². The van der Waals surface area contributed by atoms with Gasteiger partial charge < -0.3 is 19.4 Å². The van der Waals surface area contributed by atoms with Crippen molar-refractivity contribution in [3.63, 3.8) is 0 Å². The molecule has 2 aromatic rings. The fourth-order valence-corrected chi connectivity index (χ4v) is 3.66. The number of hydroxylamine groups is 1. The van der Waals surface area contributed by atoms with Gasteiger partial charge >= 0.3 is 18.0 Å². The standard InChI is InChI=1S/C28H33N2O6/c1-27(2,3)35-25(31)23-20(15-11-17-29-33)14-10-16-21(23)24-30(26(32)36-28(4,5)6)22(18-34-24)19-12-8-7-9-13-19/h7-10,12-14,16,22,29,33H,17-18H2,1-6H3/q+1/t22-/m0/s1. The third-order valence-corrected chi connectivity index (χ3v) is 4.97. The van der Waals surface area contributed by atoms with E-state index < -0.39 is 29.3 Å². The maximum Gasteiger partial charge on any atom is 0.600 e. The van der Waals surface area contributed by atoms with Gasteiger partial charge in [-0.05, 0) is 53.7 Å². The first kappa shape index (κ1) is 26.9. The minimum atomic E-state index is -0.764. The Hall–Kier alpha value is -3.67. The highest BCUT2D eigenvalue weighted by Crippen LogP contribution is 2.29. The average Bonchev–Trinajstić information content (AvgIpc) is 3.22. The maximum atomic E-state index is 13.5. The first-order valence-corrected chi connectivity index (χ1v) is 11.7. The lowest BCUT2D eigenvalue weighted by Gasteiger charge is -2.21. The van der Waals surface area contributed by atoms with Crippen LogP contribution in [-0.2, 0) is 14.2 Å². The smallest absolute Gasteiger partial charge is 0.456 e. The molecule has 8 heteroatoms. The molecule has 0 bridgehead atoms. The predicted molar refractivity (Wildman–Crippen MR) is 134 cm³/mol. The monoisotopic (exact) mass is 493 g/mol. The molecule has 0 saturated carbocycles. The van der Waals surface area contributed by atoms with Crippen LogP contribution in [0.3, 0.4) is 0 Å². The lowest BCUT2D eigenvalue weighted by molar-refractivity contribution is -0.485. The fraction of sp³-hybridized carbons (Fsp3) is 0.393. The zero-order valence-corrected chi connectivity index (χ0v) is 21.5. The summed E-state index contributed by atoms with van der Waals surface area (Å²) in [5.74, 6) is 5.22. The highest BCUT2D eigenvalue weighted by molar-refractivity contribution is 6.06. The van der Waals surface area contributed by atoms with Gasteiger partial charge in [0.15, 0.2) is 6.61 Å². The molecule has 0 spiro atoms. The van der Waals surface area contributed by atoms with Crippen LogP contribution in [-0.4, -0.2) is 52.1 Å². The third-order valence-electron chi connectivity index (χ3n) is 4.97. The summed E-state index contributed by atoms with van der Waals surface area (Å²) in [7, 11) is 0. The molecule has 1 atom stereocenters. The van der Waals surface area contributed by atoms with Gasteiger partial charge in [-0.15, -0.1) is 0 Å². The number of rotatable bonds is 4. The number of nitrogens with zero attached hydrogens (tertiary/aromatic N) is 1. The highest BCUT2D eigenvalue weighted by atomic mass is 16.6. The van der Waals surface area contributed by atoms with Crippen LogP contribution >= 0.6 is 0 Å². The van der Waals surface area contributed by atoms with Crippen molar-refractivity contribution in [3.8, 4) is 11.8 Å². The number of nitrogens with one attached hydrogen (secondary N) is 1. The summed E-state index contributed by atoms with van der Waals surface area (Å²) in [4.78, 5) is 26.8. The Morgan fingerprint density at radius 1 is 1.03 bits per heavy atom. The molecule has 0 unspecified atom stereocenters. The molecule has 0 aromatic heterocycles. The van der Waals surface area contributed by atoms with Crippen molar-refractivity contribution in [1.29, 1.82) is 0 Å². The summed E-state index contributed by atoms with van der Waals surface area (Å²) < 4.78 is 18.9. The Labute approximate surface area is 211 Å². The van der Waals surface area contributed by atoms with Gasteiger partial charge in [0.05, 0.1) is 12.1 Å². The Kier molecular flexibility index (Phi) is 8.18. The van der Waals surface area contributed by atoms with Crippen molar-refractivity contribution in [1.82, 2.24) is 5.48 Å². The summed E-state index contributed by atoms with van der Waals surface area (Å²) in [5.41, 5.74) is 2.22. The number of carbonyl (C=O) groups excluding carboxylic acids is 2. The van der Waals surface area contributed by atoms with E-state index in [1.54, 1.807) is 59.7 Å². The molecule has 0 saturated heterocycles. The summed E-state index contributed by atoms with van der Waals surface area (Å²) >= 11 is 0. The van der Waals surface area contributed by atoms with Crippen LogP contribution in [0, 0.1) is 11.8 Å². The Morgan fingerprint density at radius 3 is 2.31 bits per heavy atom. The number of hydrogen-bond acceptors (Lipinski definition) is 7. The molecule has 1 aliphatic rings. The van der Waals surface area contributed by atoms with Crippen LogP contribution in [0.2, 0.25) is 0 Å². The summed E-state index contributed by atoms with van der Waals surface area (Å²) in [6.07, 6.45) is -0.597. The number of amides is 1. The zero-order chi connectivity index (χ0) is 26.5. The number of esters is 1. The second kappa shape index (κ2) is 10.9. The van der Waals surface area contributed by atoms with Gasteiger partial charge in [-0.3, -0.25) is 0 Å². The van der Waals surface area contributed by atoms with Crippen molar-refractivity contribution in [3.05, 3.63) is 70.8 Å². The molecular formula is C28H33N2O6+. The maximum absolute atomic E-state index is 13.5. The summed E-state index contributed by atoms with van der Waals surface area (Å²) in [5, 5.41) is 8.90. The molecule has 36 heavy (non-hydrogen) atoms. The number of carbonyl (C=O) groups is 2. The third kappa shape index (κ3) is 6.72. The van der Waals surface area contributed by atoms with Crippen LogP contribution in [0.5, 0.6) is 0 Å². The van der Waals surface area contributed by atoms with E-state index in [-0.39, 0.29) is 24.6 Å². The molecular weight excluding hydrogens is 460 g/mol. The van der Waals surface area contributed by atoms with Crippen LogP contribution in [0.25, 0.3) is 0 Å². The Balaban J connectivity index is 2.25. The molecule has 1 heterocycles. The minimum Gasteiger partial charge on any atom is -0.456 e. The van der Waals surface area contributed by atoms with Gasteiger partial charge in [0.2, 0.25) is 6.04 Å². The van der Waals surface area contributed by atoms with Gasteiger partial charge in [-0.2, -0.15) is 10.3 Å². The molecule has 0 aliphatic carbocycles. The van der Waals surface area contributed by atoms with Crippen molar-refractivity contribution in [2.24, 2.45) is 0 Å². The highest BCUT2D eigenvalue weighted by Gasteiger charge is 2.46. The predicted octanol–water partition coefficient (Wildman–Crippen LogP) is 4.44. The Bertz CT molecular complexity index is 1210. The van der Waals surface area contributed by atoms with Crippen LogP contribution in [0.1, 0.15) is 74.6 Å². The van der Waals surface area contributed by atoms with Crippen LogP contribution < -0.4 is 5.48 Å². The Morgan fingerprint density at radius 2 is 1.69 bits per heavy atom. The zero-order valence-electron chi connectivity index (χ0n) is 21.5. The van der Waals surface area contributed by atoms with Crippen LogP contribution in [0.4, 0.5) is 4.79 Å². The second-order valence-electron chi connectivity index (χ2n) is 10.3. The van der Waals surface area contributed by atoms with E-state index in [0.717, 1.165) is 5.56 Å². The topological polar surface area (TPSA) is 97.1 Å². The fourth-order valence-electron chi connectivity index (χ4n) is 3.66. The van der Waals surface area contributed by atoms with E-state index in [0.29, 0.717) is 11.1 Å². The molecule has 190 valence electrons. The van der Waals surface area contributed by atoms with E-state index in [1.807, 2.05) is 35.8 Å². The van der Waals surface area contributed by atoms with Gasteiger partial charge in [0.25, 0.3) is 0 Å². The molecule has 0 fully saturated rings. The summed E-state index contributed by atoms with van der Waals surface area (Å²) in [6, 6.07) is 14.1. The van der Waals surface area contributed by atoms with E-state index in [2.05, 4.69) is 11.8 Å². The molecule has 0 radical (unpaired) electrons. The first-order chi connectivity index (χ1) is 16.9.